The number of benzene rings is 2. The van der Waals surface area contributed by atoms with E-state index in [0.29, 0.717) is 35.8 Å². The van der Waals surface area contributed by atoms with Crippen LogP contribution < -0.4 is 10.2 Å². The van der Waals surface area contributed by atoms with Gasteiger partial charge in [-0.15, -0.1) is 0 Å². The third-order valence-corrected chi connectivity index (χ3v) is 5.41. The average molecular weight is 467 g/mol. The Balaban J connectivity index is 1.89. The monoisotopic (exact) mass is 466 g/mol. The van der Waals surface area contributed by atoms with Crippen LogP contribution in [-0.2, 0) is 11.8 Å². The minimum absolute atomic E-state index is 0.0157. The normalized spacial score (nSPS) is 11.3. The molecule has 0 aliphatic heterocycles. The Labute approximate surface area is 196 Å². The summed E-state index contributed by atoms with van der Waals surface area (Å²) >= 11 is 6.66. The van der Waals surface area contributed by atoms with Crippen molar-refractivity contribution in [2.45, 2.75) is 25.7 Å². The predicted octanol–water partition coefficient (Wildman–Crippen LogP) is 4.80. The lowest BCUT2D eigenvalue weighted by Crippen LogP contribution is -2.28. The summed E-state index contributed by atoms with van der Waals surface area (Å²) in [5, 5.41) is 26.0. The molecule has 1 amide bonds. The van der Waals surface area contributed by atoms with Gasteiger partial charge in [-0.25, -0.2) is 4.39 Å². The van der Waals surface area contributed by atoms with Crippen LogP contribution in [0.1, 0.15) is 36.8 Å². The molecule has 0 bridgehead atoms. The molecule has 3 aromatic rings. The zero-order valence-electron chi connectivity index (χ0n) is 18.2. The van der Waals surface area contributed by atoms with Gasteiger partial charge < -0.3 is 5.32 Å². The number of fused-ring (bicyclic) bond motifs is 1. The summed E-state index contributed by atoms with van der Waals surface area (Å²) in [5.74, 6) is -0.704. The molecule has 9 heteroatoms. The summed E-state index contributed by atoms with van der Waals surface area (Å²) in [5.41, 5.74) is 1.66. The van der Waals surface area contributed by atoms with Crippen LogP contribution in [0.2, 0.25) is 0 Å². The van der Waals surface area contributed by atoms with Gasteiger partial charge in [0.25, 0.3) is 0 Å². The molecule has 0 radical (unpaired) electrons. The number of unbranched alkanes of at least 4 members (excludes halogenated alkanes) is 3. The summed E-state index contributed by atoms with van der Waals surface area (Å²) in [6.45, 7) is 0.632. The fourth-order valence-corrected chi connectivity index (χ4v) is 3.73. The number of carbonyl (C=O) groups excluding carboxylic acids is 1. The predicted molar refractivity (Wildman–Crippen MR) is 128 cm³/mol. The van der Waals surface area contributed by atoms with Crippen molar-refractivity contribution in [2.24, 2.45) is 7.05 Å². The molecule has 2 N–H and O–H groups in total. The largest absolute Gasteiger partial charge is 0.359 e. The quantitative estimate of drug-likeness (QED) is 0.147. The standard InChI is InChI=1S/C24H24ClFN6O/c1-31-15-19-12-20(9-10-22(19)30-31)32(23(25)6-4-2-3-5-11-29-16-33)24(28)17-7-8-18(14-27)21(26)13-17/h6-10,12-13,15-16,28H,2-5,11H2,1H3,(H,29,33)/b23-6+,28-24?. The Kier molecular flexibility index (Phi) is 8.17. The van der Waals surface area contributed by atoms with Crippen molar-refractivity contribution in [2.75, 3.05) is 11.4 Å². The third-order valence-electron chi connectivity index (χ3n) is 5.08. The van der Waals surface area contributed by atoms with E-state index in [1.54, 1.807) is 15.7 Å². The van der Waals surface area contributed by atoms with Crippen molar-refractivity contribution in [3.05, 3.63) is 70.8 Å². The fraction of sp³-hybridized carbons (Fsp3) is 0.250. The van der Waals surface area contributed by atoms with E-state index < -0.39 is 5.82 Å². The molecule has 0 spiro atoms. The van der Waals surface area contributed by atoms with E-state index in [-0.39, 0.29) is 11.4 Å². The van der Waals surface area contributed by atoms with Gasteiger partial charge in [-0.3, -0.25) is 19.8 Å². The van der Waals surface area contributed by atoms with Crippen LogP contribution in [-0.4, -0.2) is 28.6 Å². The molecule has 0 saturated heterocycles. The summed E-state index contributed by atoms with van der Waals surface area (Å²) < 4.78 is 15.9. The van der Waals surface area contributed by atoms with Gasteiger partial charge in [0.15, 0.2) is 0 Å². The Morgan fingerprint density at radius 1 is 1.30 bits per heavy atom. The van der Waals surface area contributed by atoms with Gasteiger partial charge in [0.1, 0.15) is 22.9 Å². The molecular weight excluding hydrogens is 443 g/mol. The van der Waals surface area contributed by atoms with E-state index >= 15 is 0 Å². The van der Waals surface area contributed by atoms with Crippen molar-refractivity contribution >= 4 is 40.4 Å². The number of amidine groups is 1. The summed E-state index contributed by atoms with van der Waals surface area (Å²) in [6.07, 6.45) is 7.72. The molecule has 0 atom stereocenters. The maximum Gasteiger partial charge on any atom is 0.207 e. The maximum atomic E-state index is 14.2. The zero-order valence-corrected chi connectivity index (χ0v) is 18.9. The van der Waals surface area contributed by atoms with E-state index in [0.717, 1.165) is 30.2 Å². The zero-order chi connectivity index (χ0) is 23.8. The molecule has 7 nitrogen and oxygen atoms in total. The van der Waals surface area contributed by atoms with Crippen LogP contribution in [0.3, 0.4) is 0 Å². The lowest BCUT2D eigenvalue weighted by Gasteiger charge is -2.25. The molecular formula is C24H24ClFN6O. The SMILES string of the molecule is Cn1cc2cc(N(C(=N)c3ccc(C#N)c(F)c3)/C(Cl)=C/CCCCCNC=O)ccc2n1. The van der Waals surface area contributed by atoms with E-state index in [1.165, 1.54) is 18.2 Å². The van der Waals surface area contributed by atoms with Crippen LogP contribution in [0.4, 0.5) is 10.1 Å². The smallest absolute Gasteiger partial charge is 0.207 e. The van der Waals surface area contributed by atoms with Gasteiger partial charge in [-0.1, -0.05) is 18.0 Å². The number of aromatic nitrogens is 2. The van der Waals surface area contributed by atoms with Gasteiger partial charge in [-0.2, -0.15) is 10.4 Å². The first-order valence-electron chi connectivity index (χ1n) is 10.5. The molecule has 33 heavy (non-hydrogen) atoms. The topological polar surface area (TPSA) is 97.8 Å². The Morgan fingerprint density at radius 3 is 2.85 bits per heavy atom. The molecule has 1 heterocycles. The highest BCUT2D eigenvalue weighted by molar-refractivity contribution is 6.35. The number of nitrogens with zero attached hydrogens (tertiary/aromatic N) is 4. The highest BCUT2D eigenvalue weighted by Crippen LogP contribution is 2.28. The van der Waals surface area contributed by atoms with Crippen molar-refractivity contribution in [3.8, 4) is 6.07 Å². The summed E-state index contributed by atoms with van der Waals surface area (Å²) in [7, 11) is 1.83. The molecule has 1 aromatic heterocycles. The maximum absolute atomic E-state index is 14.2. The third kappa shape index (κ3) is 5.96. The Bertz CT molecular complexity index is 1230. The minimum Gasteiger partial charge on any atom is -0.359 e. The lowest BCUT2D eigenvalue weighted by molar-refractivity contribution is -0.109. The number of halogens is 2. The molecule has 2 aromatic carbocycles. The number of nitriles is 1. The van der Waals surface area contributed by atoms with E-state index in [2.05, 4.69) is 10.4 Å². The van der Waals surface area contributed by atoms with Gasteiger partial charge in [0.05, 0.1) is 11.1 Å². The second-order valence-electron chi connectivity index (χ2n) is 7.48. The van der Waals surface area contributed by atoms with Crippen LogP contribution in [0, 0.1) is 22.6 Å². The number of nitrogens with one attached hydrogen (secondary N) is 2. The average Bonchev–Trinajstić information content (AvgIpc) is 3.17. The fourth-order valence-electron chi connectivity index (χ4n) is 3.44. The van der Waals surface area contributed by atoms with Gasteiger partial charge in [0, 0.05) is 36.4 Å². The number of carbonyl (C=O) groups is 1. The first-order valence-corrected chi connectivity index (χ1v) is 10.9. The van der Waals surface area contributed by atoms with Crippen LogP contribution in [0.15, 0.2) is 53.8 Å². The van der Waals surface area contributed by atoms with E-state index in [4.69, 9.17) is 22.3 Å². The van der Waals surface area contributed by atoms with Crippen LogP contribution in [0.5, 0.6) is 0 Å². The lowest BCUT2D eigenvalue weighted by atomic mass is 10.1. The molecule has 0 fully saturated rings. The Morgan fingerprint density at radius 2 is 2.12 bits per heavy atom. The molecule has 0 saturated carbocycles. The molecule has 0 aliphatic carbocycles. The van der Waals surface area contributed by atoms with Crippen LogP contribution >= 0.6 is 11.6 Å². The highest BCUT2D eigenvalue weighted by atomic mass is 35.5. The Hall–Kier alpha value is -3.70. The second-order valence-corrected chi connectivity index (χ2v) is 7.87. The van der Waals surface area contributed by atoms with Gasteiger partial charge in [0.2, 0.25) is 6.41 Å². The number of anilines is 1. The number of allylic oxidation sites excluding steroid dienone is 1. The van der Waals surface area contributed by atoms with Gasteiger partial charge >= 0.3 is 0 Å². The van der Waals surface area contributed by atoms with Crippen molar-refractivity contribution in [1.29, 1.82) is 10.7 Å². The number of amides is 1. The second kappa shape index (κ2) is 11.2. The summed E-state index contributed by atoms with van der Waals surface area (Å²) in [6, 6.07) is 11.4. The van der Waals surface area contributed by atoms with Gasteiger partial charge in [-0.05, 0) is 61.7 Å². The van der Waals surface area contributed by atoms with Crippen LogP contribution in [0.25, 0.3) is 10.9 Å². The summed E-state index contributed by atoms with van der Waals surface area (Å²) in [4.78, 5) is 11.8. The minimum atomic E-state index is -0.688. The number of rotatable bonds is 10. The van der Waals surface area contributed by atoms with E-state index in [1.807, 2.05) is 37.5 Å². The van der Waals surface area contributed by atoms with Crippen molar-refractivity contribution in [1.82, 2.24) is 15.1 Å². The molecule has 170 valence electrons. The van der Waals surface area contributed by atoms with Crippen molar-refractivity contribution in [3.63, 3.8) is 0 Å². The molecule has 0 unspecified atom stereocenters. The van der Waals surface area contributed by atoms with Crippen molar-refractivity contribution < 1.29 is 9.18 Å². The molecule has 0 aliphatic rings. The highest BCUT2D eigenvalue weighted by Gasteiger charge is 2.19. The number of hydrogen-bond donors (Lipinski definition) is 2. The first kappa shape index (κ1) is 24.0. The number of hydrogen-bond acceptors (Lipinski definition) is 4. The number of aryl methyl sites for hydroxylation is 1. The molecule has 3 rings (SSSR count). The first-order chi connectivity index (χ1) is 15.9. The van der Waals surface area contributed by atoms with E-state index in [9.17, 15) is 9.18 Å².